The van der Waals surface area contributed by atoms with Crippen LogP contribution >= 0.6 is 22.9 Å². The number of halogens is 1. The van der Waals surface area contributed by atoms with Crippen LogP contribution in [0.15, 0.2) is 5.38 Å². The van der Waals surface area contributed by atoms with Crippen LogP contribution < -0.4 is 0 Å². The van der Waals surface area contributed by atoms with Gasteiger partial charge in [-0.1, -0.05) is 0 Å². The maximum Gasteiger partial charge on any atom is 0.0929 e. The minimum absolute atomic E-state index is 0.321. The van der Waals surface area contributed by atoms with E-state index in [1.54, 1.807) is 11.3 Å². The van der Waals surface area contributed by atoms with Gasteiger partial charge in [0.1, 0.15) is 0 Å². The lowest BCUT2D eigenvalue weighted by molar-refractivity contribution is -0.0408. The highest BCUT2D eigenvalue weighted by Crippen LogP contribution is 2.14. The highest BCUT2D eigenvalue weighted by atomic mass is 35.5. The Labute approximate surface area is 117 Å². The quantitative estimate of drug-likeness (QED) is 0.569. The zero-order valence-corrected chi connectivity index (χ0v) is 12.1. The molecule has 1 aromatic rings. The molecule has 1 aliphatic heterocycles. The Hall–Kier alpha value is -0.160. The molecule has 1 aliphatic rings. The molecule has 0 radical (unpaired) electrons. The second-order valence-corrected chi connectivity index (χ2v) is 5.74. The number of hydrogen-bond donors (Lipinski definition) is 0. The molecule has 102 valence electrons. The standard InChI is InChI=1S/C13H20ClNO2S/c14-8-11-10-18-13(15-11)5-3-6-16-9-12-4-1-2-7-17-12/h10,12H,1-9H2. The van der Waals surface area contributed by atoms with Crippen LogP contribution in [-0.4, -0.2) is 30.9 Å². The summed E-state index contributed by atoms with van der Waals surface area (Å²) < 4.78 is 11.3. The van der Waals surface area contributed by atoms with Crippen molar-refractivity contribution in [3.05, 3.63) is 16.1 Å². The number of thiazole rings is 1. The van der Waals surface area contributed by atoms with Crippen LogP contribution in [0.3, 0.4) is 0 Å². The van der Waals surface area contributed by atoms with E-state index in [9.17, 15) is 0 Å². The van der Waals surface area contributed by atoms with Gasteiger partial charge in [-0.05, 0) is 25.7 Å². The molecule has 0 bridgehead atoms. The third kappa shape index (κ3) is 4.84. The van der Waals surface area contributed by atoms with Gasteiger partial charge < -0.3 is 9.47 Å². The highest BCUT2D eigenvalue weighted by Gasteiger charge is 2.13. The fourth-order valence-electron chi connectivity index (χ4n) is 2.00. The second kappa shape index (κ2) is 8.10. The molecule has 0 N–H and O–H groups in total. The van der Waals surface area contributed by atoms with E-state index in [1.807, 2.05) is 5.38 Å². The van der Waals surface area contributed by atoms with Gasteiger partial charge >= 0.3 is 0 Å². The fraction of sp³-hybridized carbons (Fsp3) is 0.769. The van der Waals surface area contributed by atoms with Crippen molar-refractivity contribution in [2.24, 2.45) is 0 Å². The van der Waals surface area contributed by atoms with E-state index in [4.69, 9.17) is 21.1 Å². The van der Waals surface area contributed by atoms with Crippen molar-refractivity contribution < 1.29 is 9.47 Å². The lowest BCUT2D eigenvalue weighted by atomic mass is 10.1. The predicted octanol–water partition coefficient (Wildman–Crippen LogP) is 3.40. The molecule has 0 aliphatic carbocycles. The first kappa shape index (κ1) is 14.3. The number of rotatable bonds is 7. The summed E-state index contributed by atoms with van der Waals surface area (Å²) in [6, 6.07) is 0. The van der Waals surface area contributed by atoms with Gasteiger partial charge in [-0.15, -0.1) is 22.9 Å². The molecule has 1 unspecified atom stereocenters. The molecule has 1 atom stereocenters. The zero-order valence-electron chi connectivity index (χ0n) is 10.6. The molecular formula is C13H20ClNO2S. The molecule has 0 aromatic carbocycles. The highest BCUT2D eigenvalue weighted by molar-refractivity contribution is 7.09. The Balaban J connectivity index is 1.52. The van der Waals surface area contributed by atoms with E-state index in [0.717, 1.165) is 49.8 Å². The molecule has 0 spiro atoms. The van der Waals surface area contributed by atoms with Crippen LogP contribution in [0, 0.1) is 0 Å². The first-order valence-electron chi connectivity index (χ1n) is 6.57. The Morgan fingerprint density at radius 2 is 2.44 bits per heavy atom. The fourth-order valence-corrected chi connectivity index (χ4v) is 3.07. The van der Waals surface area contributed by atoms with E-state index in [0.29, 0.717) is 12.0 Å². The van der Waals surface area contributed by atoms with E-state index in [1.165, 1.54) is 12.8 Å². The SMILES string of the molecule is ClCc1csc(CCCOCC2CCCCO2)n1. The molecule has 5 heteroatoms. The summed E-state index contributed by atoms with van der Waals surface area (Å²) in [7, 11) is 0. The summed E-state index contributed by atoms with van der Waals surface area (Å²) in [5.41, 5.74) is 0.980. The van der Waals surface area contributed by atoms with E-state index < -0.39 is 0 Å². The lowest BCUT2D eigenvalue weighted by Gasteiger charge is -2.22. The number of aryl methyl sites for hydroxylation is 1. The van der Waals surface area contributed by atoms with Crippen molar-refractivity contribution in [2.75, 3.05) is 19.8 Å². The number of hydrogen-bond acceptors (Lipinski definition) is 4. The monoisotopic (exact) mass is 289 g/mol. The maximum atomic E-state index is 5.72. The molecule has 0 amide bonds. The number of nitrogens with zero attached hydrogens (tertiary/aromatic N) is 1. The van der Waals surface area contributed by atoms with Crippen LogP contribution in [0.5, 0.6) is 0 Å². The molecule has 3 nitrogen and oxygen atoms in total. The molecule has 1 fully saturated rings. The number of aromatic nitrogens is 1. The van der Waals surface area contributed by atoms with E-state index in [-0.39, 0.29) is 0 Å². The first-order valence-corrected chi connectivity index (χ1v) is 7.98. The molecule has 0 saturated carbocycles. The van der Waals surface area contributed by atoms with Crippen LogP contribution in [0.1, 0.15) is 36.4 Å². The predicted molar refractivity (Wildman–Crippen MR) is 74.4 cm³/mol. The van der Waals surface area contributed by atoms with Gasteiger partial charge in [0.25, 0.3) is 0 Å². The summed E-state index contributed by atoms with van der Waals surface area (Å²) in [5, 5.41) is 3.18. The summed E-state index contributed by atoms with van der Waals surface area (Å²) in [6.45, 7) is 2.43. The third-order valence-corrected chi connectivity index (χ3v) is 4.22. The molecular weight excluding hydrogens is 270 g/mol. The van der Waals surface area contributed by atoms with Crippen molar-refractivity contribution in [3.8, 4) is 0 Å². The van der Waals surface area contributed by atoms with Crippen LogP contribution in [0.25, 0.3) is 0 Å². The Kier molecular flexibility index (Phi) is 6.41. The Morgan fingerprint density at radius 1 is 1.50 bits per heavy atom. The smallest absolute Gasteiger partial charge is 0.0929 e. The van der Waals surface area contributed by atoms with Crippen molar-refractivity contribution in [1.29, 1.82) is 0 Å². The zero-order chi connectivity index (χ0) is 12.6. The summed E-state index contributed by atoms with van der Waals surface area (Å²) >= 11 is 7.40. The Morgan fingerprint density at radius 3 is 3.17 bits per heavy atom. The second-order valence-electron chi connectivity index (χ2n) is 4.53. The molecule has 2 heterocycles. The van der Waals surface area contributed by atoms with E-state index >= 15 is 0 Å². The van der Waals surface area contributed by atoms with Crippen LogP contribution in [0.2, 0.25) is 0 Å². The topological polar surface area (TPSA) is 31.4 Å². The van der Waals surface area contributed by atoms with Gasteiger partial charge in [-0.2, -0.15) is 0 Å². The van der Waals surface area contributed by atoms with E-state index in [2.05, 4.69) is 4.98 Å². The normalized spacial score (nSPS) is 20.2. The minimum atomic E-state index is 0.321. The average Bonchev–Trinajstić information content (AvgIpc) is 2.87. The largest absolute Gasteiger partial charge is 0.379 e. The minimum Gasteiger partial charge on any atom is -0.379 e. The van der Waals surface area contributed by atoms with Crippen LogP contribution in [0.4, 0.5) is 0 Å². The summed E-state index contributed by atoms with van der Waals surface area (Å²) in [4.78, 5) is 4.42. The lowest BCUT2D eigenvalue weighted by Crippen LogP contribution is -2.24. The van der Waals surface area contributed by atoms with Crippen molar-refractivity contribution >= 4 is 22.9 Å². The van der Waals surface area contributed by atoms with Gasteiger partial charge in [-0.25, -0.2) is 4.98 Å². The maximum absolute atomic E-state index is 5.72. The number of ether oxygens (including phenoxy) is 2. The third-order valence-electron chi connectivity index (χ3n) is 2.99. The van der Waals surface area contributed by atoms with Gasteiger partial charge in [0.05, 0.1) is 29.3 Å². The van der Waals surface area contributed by atoms with Gasteiger partial charge in [0.15, 0.2) is 0 Å². The molecule has 1 saturated heterocycles. The summed E-state index contributed by atoms with van der Waals surface area (Å²) in [6.07, 6.45) is 5.93. The van der Waals surface area contributed by atoms with Crippen molar-refractivity contribution in [3.63, 3.8) is 0 Å². The van der Waals surface area contributed by atoms with Crippen molar-refractivity contribution in [1.82, 2.24) is 4.98 Å². The molecule has 18 heavy (non-hydrogen) atoms. The van der Waals surface area contributed by atoms with Crippen LogP contribution in [-0.2, 0) is 21.8 Å². The summed E-state index contributed by atoms with van der Waals surface area (Å²) in [5.74, 6) is 0.506. The Bertz CT molecular complexity index is 339. The van der Waals surface area contributed by atoms with Gasteiger partial charge in [0, 0.05) is 25.0 Å². The van der Waals surface area contributed by atoms with Crippen molar-refractivity contribution in [2.45, 2.75) is 44.1 Å². The number of alkyl halides is 1. The van der Waals surface area contributed by atoms with Gasteiger partial charge in [-0.3, -0.25) is 0 Å². The van der Waals surface area contributed by atoms with Gasteiger partial charge in [0.2, 0.25) is 0 Å². The average molecular weight is 290 g/mol. The molecule has 1 aromatic heterocycles. The molecule has 2 rings (SSSR count). The first-order chi connectivity index (χ1) is 8.88.